The molecule has 0 radical (unpaired) electrons. The minimum atomic E-state index is -0.563. The summed E-state index contributed by atoms with van der Waals surface area (Å²) in [5, 5.41) is 10.8. The minimum absolute atomic E-state index is 0.0542. The number of rotatable bonds is 4. The van der Waals surface area contributed by atoms with Crippen LogP contribution in [0.25, 0.3) is 0 Å². The molecule has 19 heavy (non-hydrogen) atoms. The Hall–Kier alpha value is -2.76. The number of Topliss-reactive ketones (excluding diaryl/α,β-unsaturated/α-hetero) is 1. The van der Waals surface area contributed by atoms with Gasteiger partial charge in [-0.05, 0) is 31.2 Å². The van der Waals surface area contributed by atoms with Gasteiger partial charge < -0.3 is 4.74 Å². The Morgan fingerprint density at radius 3 is 2.53 bits per heavy atom. The molecular weight excluding hydrogens is 248 g/mol. The normalized spacial score (nSPS) is 9.95. The lowest BCUT2D eigenvalue weighted by Crippen LogP contribution is -1.95. The summed E-state index contributed by atoms with van der Waals surface area (Å²) in [4.78, 5) is 25.0. The van der Waals surface area contributed by atoms with Crippen molar-refractivity contribution < 1.29 is 14.5 Å². The molecule has 6 nitrogen and oxygen atoms in total. The van der Waals surface area contributed by atoms with Gasteiger partial charge in [-0.1, -0.05) is 0 Å². The third-order valence-corrected chi connectivity index (χ3v) is 2.45. The fraction of sp³-hybridized carbons (Fsp3) is 0.0769. The lowest BCUT2D eigenvalue weighted by atomic mass is 10.1. The molecule has 0 amide bonds. The van der Waals surface area contributed by atoms with Crippen LogP contribution < -0.4 is 4.74 Å². The smallest absolute Gasteiger partial charge is 0.329 e. The topological polar surface area (TPSA) is 82.3 Å². The number of ketones is 1. The Morgan fingerprint density at radius 2 is 1.95 bits per heavy atom. The number of ether oxygens (including phenoxy) is 1. The Morgan fingerprint density at radius 1 is 1.26 bits per heavy atom. The van der Waals surface area contributed by atoms with Crippen LogP contribution in [0.1, 0.15) is 17.3 Å². The zero-order valence-electron chi connectivity index (χ0n) is 10.1. The maximum absolute atomic E-state index is 11.1. The molecule has 0 bridgehead atoms. The molecule has 1 heterocycles. The maximum Gasteiger partial charge on any atom is 0.329 e. The first-order valence-corrected chi connectivity index (χ1v) is 5.45. The number of nitrogens with zero attached hydrogens (tertiary/aromatic N) is 2. The molecule has 1 aromatic heterocycles. The van der Waals surface area contributed by atoms with Gasteiger partial charge in [-0.15, -0.1) is 0 Å². The van der Waals surface area contributed by atoms with Crippen LogP contribution in [0, 0.1) is 10.1 Å². The zero-order chi connectivity index (χ0) is 13.8. The van der Waals surface area contributed by atoms with Gasteiger partial charge in [0.25, 0.3) is 0 Å². The van der Waals surface area contributed by atoms with Crippen LogP contribution in [0.15, 0.2) is 42.7 Å². The molecule has 96 valence electrons. The van der Waals surface area contributed by atoms with Crippen LogP contribution in [-0.2, 0) is 0 Å². The standard InChI is InChI=1S/C13H10N2O4/c1-9(16)10-2-4-11(5-3-10)19-13-6-7-14-8-12(13)15(17)18/h2-8H,1H3. The van der Waals surface area contributed by atoms with Gasteiger partial charge in [0, 0.05) is 17.8 Å². The third kappa shape index (κ3) is 2.92. The molecular formula is C13H10N2O4. The van der Waals surface area contributed by atoms with Crippen molar-refractivity contribution >= 4 is 11.5 Å². The molecule has 1 aromatic carbocycles. The number of nitro groups is 1. The van der Waals surface area contributed by atoms with Crippen LogP contribution in [0.3, 0.4) is 0 Å². The van der Waals surface area contributed by atoms with E-state index in [1.54, 1.807) is 24.3 Å². The number of carbonyl (C=O) groups is 1. The summed E-state index contributed by atoms with van der Waals surface area (Å²) in [6, 6.07) is 7.79. The van der Waals surface area contributed by atoms with Crippen LogP contribution in [0.5, 0.6) is 11.5 Å². The largest absolute Gasteiger partial charge is 0.450 e. The second-order valence-electron chi connectivity index (χ2n) is 3.78. The van der Waals surface area contributed by atoms with Crippen LogP contribution in [0.4, 0.5) is 5.69 Å². The quantitative estimate of drug-likeness (QED) is 0.478. The average molecular weight is 258 g/mol. The highest BCUT2D eigenvalue weighted by atomic mass is 16.6. The molecule has 0 saturated carbocycles. The van der Waals surface area contributed by atoms with Crippen molar-refractivity contribution in [3.8, 4) is 11.5 Å². The van der Waals surface area contributed by atoms with Crippen LogP contribution in [-0.4, -0.2) is 15.7 Å². The lowest BCUT2D eigenvalue weighted by Gasteiger charge is -2.06. The monoisotopic (exact) mass is 258 g/mol. The molecule has 0 N–H and O–H groups in total. The van der Waals surface area contributed by atoms with E-state index in [1.165, 1.54) is 19.2 Å². The number of pyridine rings is 1. The Balaban J connectivity index is 2.26. The van der Waals surface area contributed by atoms with E-state index in [0.29, 0.717) is 11.3 Å². The van der Waals surface area contributed by atoms with Gasteiger partial charge in [0.1, 0.15) is 11.9 Å². The van der Waals surface area contributed by atoms with Crippen molar-refractivity contribution in [3.63, 3.8) is 0 Å². The van der Waals surface area contributed by atoms with E-state index in [0.717, 1.165) is 6.20 Å². The average Bonchev–Trinajstić information content (AvgIpc) is 2.39. The molecule has 0 aliphatic carbocycles. The molecule has 0 saturated heterocycles. The molecule has 0 aliphatic heterocycles. The third-order valence-electron chi connectivity index (χ3n) is 2.45. The van der Waals surface area contributed by atoms with Crippen LogP contribution >= 0.6 is 0 Å². The molecule has 0 spiro atoms. The van der Waals surface area contributed by atoms with Gasteiger partial charge >= 0.3 is 5.69 Å². The second-order valence-corrected chi connectivity index (χ2v) is 3.78. The van der Waals surface area contributed by atoms with Crippen molar-refractivity contribution in [3.05, 3.63) is 58.4 Å². The highest BCUT2D eigenvalue weighted by molar-refractivity contribution is 5.94. The summed E-state index contributed by atoms with van der Waals surface area (Å²) in [5.74, 6) is 0.469. The van der Waals surface area contributed by atoms with Crippen LogP contribution in [0.2, 0.25) is 0 Å². The Labute approximate surface area is 108 Å². The molecule has 0 unspecified atom stereocenters. The number of carbonyl (C=O) groups excluding carboxylic acids is 1. The van der Waals surface area contributed by atoms with E-state index in [-0.39, 0.29) is 17.2 Å². The molecule has 6 heteroatoms. The predicted octanol–water partition coefficient (Wildman–Crippen LogP) is 2.98. The first kappa shape index (κ1) is 12.7. The van der Waals surface area contributed by atoms with Crippen molar-refractivity contribution in [2.75, 3.05) is 0 Å². The molecule has 2 aromatic rings. The highest BCUT2D eigenvalue weighted by Gasteiger charge is 2.15. The maximum atomic E-state index is 11.1. The van der Waals surface area contributed by atoms with E-state index in [2.05, 4.69) is 4.98 Å². The minimum Gasteiger partial charge on any atom is -0.450 e. The van der Waals surface area contributed by atoms with E-state index < -0.39 is 4.92 Å². The molecule has 0 atom stereocenters. The summed E-state index contributed by atoms with van der Waals surface area (Å²) in [5.41, 5.74) is 0.342. The van der Waals surface area contributed by atoms with Crippen molar-refractivity contribution in [2.45, 2.75) is 6.92 Å². The fourth-order valence-corrected chi connectivity index (χ4v) is 1.48. The first-order valence-electron chi connectivity index (χ1n) is 5.45. The Kier molecular flexibility index (Phi) is 3.51. The highest BCUT2D eigenvalue weighted by Crippen LogP contribution is 2.29. The van der Waals surface area contributed by atoms with Gasteiger partial charge in [0.05, 0.1) is 4.92 Å². The Bertz CT molecular complexity index is 623. The van der Waals surface area contributed by atoms with Gasteiger partial charge in [-0.2, -0.15) is 0 Å². The van der Waals surface area contributed by atoms with Crippen molar-refractivity contribution in [2.24, 2.45) is 0 Å². The zero-order valence-corrected chi connectivity index (χ0v) is 10.1. The molecule has 2 rings (SSSR count). The van der Waals surface area contributed by atoms with Crippen molar-refractivity contribution in [1.29, 1.82) is 0 Å². The summed E-state index contributed by atoms with van der Waals surface area (Å²) < 4.78 is 5.41. The molecule has 0 aliphatic rings. The number of hydrogen-bond donors (Lipinski definition) is 0. The van der Waals surface area contributed by atoms with E-state index in [1.807, 2.05) is 0 Å². The van der Waals surface area contributed by atoms with Gasteiger partial charge in [0.2, 0.25) is 5.75 Å². The van der Waals surface area contributed by atoms with E-state index in [4.69, 9.17) is 4.74 Å². The summed E-state index contributed by atoms with van der Waals surface area (Å²) in [6.45, 7) is 1.46. The van der Waals surface area contributed by atoms with E-state index >= 15 is 0 Å². The second kappa shape index (κ2) is 5.26. The van der Waals surface area contributed by atoms with Crippen molar-refractivity contribution in [1.82, 2.24) is 4.98 Å². The lowest BCUT2D eigenvalue weighted by molar-refractivity contribution is -0.386. The summed E-state index contributed by atoms with van der Waals surface area (Å²) >= 11 is 0. The first-order chi connectivity index (χ1) is 9.08. The SMILES string of the molecule is CC(=O)c1ccc(Oc2ccncc2[N+](=O)[O-])cc1. The number of hydrogen-bond acceptors (Lipinski definition) is 5. The van der Waals surface area contributed by atoms with Gasteiger partial charge in [-0.25, -0.2) is 0 Å². The van der Waals surface area contributed by atoms with Gasteiger partial charge in [-0.3, -0.25) is 19.9 Å². The van der Waals surface area contributed by atoms with Gasteiger partial charge in [0.15, 0.2) is 5.78 Å². The molecule has 0 fully saturated rings. The number of aromatic nitrogens is 1. The van der Waals surface area contributed by atoms with E-state index in [9.17, 15) is 14.9 Å². The summed E-state index contributed by atoms with van der Waals surface area (Å²) in [7, 11) is 0. The fourth-order valence-electron chi connectivity index (χ4n) is 1.48. The summed E-state index contributed by atoms with van der Waals surface area (Å²) in [6.07, 6.45) is 2.53. The number of benzene rings is 1. The predicted molar refractivity (Wildman–Crippen MR) is 67.4 cm³/mol.